The number of piperazine rings is 1. The number of carbonyl (C=O) groups is 1. The Balaban J connectivity index is 1.98. The second-order valence-corrected chi connectivity index (χ2v) is 6.21. The van der Waals surface area contributed by atoms with Crippen LogP contribution >= 0.6 is 11.5 Å². The number of likely N-dealkylation sites (N-methyl/N-ethyl adjacent to an activating group) is 1. The van der Waals surface area contributed by atoms with Gasteiger partial charge < -0.3 is 20.9 Å². The van der Waals surface area contributed by atoms with Crippen molar-refractivity contribution in [3.8, 4) is 0 Å². The Morgan fingerprint density at radius 2 is 2.05 bits per heavy atom. The molecule has 3 N–H and O–H groups in total. The molecule has 0 radical (unpaired) electrons. The fourth-order valence-corrected chi connectivity index (χ4v) is 3.23. The van der Waals surface area contributed by atoms with E-state index in [9.17, 15) is 4.79 Å². The Bertz CT molecular complexity index is 481. The van der Waals surface area contributed by atoms with Crippen molar-refractivity contribution in [1.82, 2.24) is 19.5 Å². The Morgan fingerprint density at radius 1 is 1.38 bits per heavy atom. The molecule has 0 aliphatic carbocycles. The quantitative estimate of drug-likeness (QED) is 0.782. The van der Waals surface area contributed by atoms with E-state index in [4.69, 9.17) is 5.73 Å². The van der Waals surface area contributed by atoms with Crippen molar-refractivity contribution in [2.45, 2.75) is 0 Å². The van der Waals surface area contributed by atoms with Gasteiger partial charge in [-0.05, 0) is 25.6 Å². The lowest BCUT2D eigenvalue weighted by Crippen LogP contribution is -2.48. The summed E-state index contributed by atoms with van der Waals surface area (Å²) in [4.78, 5) is 18.8. The number of nitrogens with one attached hydrogen (secondary N) is 1. The molecule has 0 saturated carbocycles. The first-order chi connectivity index (χ1) is 10.0. The molecule has 2 rings (SSSR count). The summed E-state index contributed by atoms with van der Waals surface area (Å²) < 4.78 is 4.14. The lowest BCUT2D eigenvalue weighted by atomic mass is 10.2. The molecule has 8 heteroatoms. The predicted octanol–water partition coefficient (Wildman–Crippen LogP) is -0.231. The van der Waals surface area contributed by atoms with E-state index < -0.39 is 0 Å². The third-order valence-electron chi connectivity index (χ3n) is 3.68. The normalized spacial score (nSPS) is 16.5. The van der Waals surface area contributed by atoms with Crippen LogP contribution < -0.4 is 16.0 Å². The largest absolute Gasteiger partial charge is 0.382 e. The minimum atomic E-state index is -0.161. The van der Waals surface area contributed by atoms with Crippen molar-refractivity contribution in [3.63, 3.8) is 0 Å². The van der Waals surface area contributed by atoms with Gasteiger partial charge in [0, 0.05) is 46.3 Å². The zero-order chi connectivity index (χ0) is 15.4. The van der Waals surface area contributed by atoms with Gasteiger partial charge in [-0.15, -0.1) is 0 Å². The van der Waals surface area contributed by atoms with Crippen LogP contribution in [0.3, 0.4) is 0 Å². The third kappa shape index (κ3) is 3.84. The standard InChI is InChI=1S/C13H24N6OS/c1-15-12(20)10-11(14)16-21-13(10)19-8-6-18(7-9-19)5-4-17(2)3/h4-9H2,1-3H3,(H2,14,16)(H,15,20). The number of hydrogen-bond donors (Lipinski definition) is 2. The molecule has 0 atom stereocenters. The van der Waals surface area contributed by atoms with Crippen molar-refractivity contribution in [1.29, 1.82) is 0 Å². The third-order valence-corrected chi connectivity index (χ3v) is 4.60. The maximum Gasteiger partial charge on any atom is 0.257 e. The molecule has 1 aliphatic heterocycles. The molecule has 0 aromatic carbocycles. The number of nitrogens with zero attached hydrogens (tertiary/aromatic N) is 4. The molecule has 21 heavy (non-hydrogen) atoms. The van der Waals surface area contributed by atoms with Crippen molar-refractivity contribution in [2.24, 2.45) is 0 Å². The summed E-state index contributed by atoms with van der Waals surface area (Å²) in [6.07, 6.45) is 0. The Labute approximate surface area is 129 Å². The van der Waals surface area contributed by atoms with Crippen molar-refractivity contribution in [3.05, 3.63) is 5.56 Å². The molecule has 2 heterocycles. The lowest BCUT2D eigenvalue weighted by molar-refractivity contribution is 0.0964. The van der Waals surface area contributed by atoms with Crippen LogP contribution in [0.25, 0.3) is 0 Å². The van der Waals surface area contributed by atoms with Gasteiger partial charge in [0.25, 0.3) is 5.91 Å². The highest BCUT2D eigenvalue weighted by molar-refractivity contribution is 7.11. The number of amides is 1. The molecule has 1 saturated heterocycles. The molecular weight excluding hydrogens is 288 g/mol. The summed E-state index contributed by atoms with van der Waals surface area (Å²) in [5, 5.41) is 3.52. The molecule has 1 aromatic rings. The summed E-state index contributed by atoms with van der Waals surface area (Å²) in [6.45, 7) is 5.95. The summed E-state index contributed by atoms with van der Waals surface area (Å²) in [5.74, 6) is 0.163. The van der Waals surface area contributed by atoms with E-state index >= 15 is 0 Å². The minimum absolute atomic E-state index is 0.161. The molecule has 0 spiro atoms. The number of rotatable bonds is 5. The molecule has 7 nitrogen and oxygen atoms in total. The fourth-order valence-electron chi connectivity index (χ4n) is 2.36. The van der Waals surface area contributed by atoms with Gasteiger partial charge in [-0.3, -0.25) is 9.69 Å². The van der Waals surface area contributed by atoms with Crippen molar-refractivity contribution >= 4 is 28.3 Å². The first-order valence-corrected chi connectivity index (χ1v) is 7.89. The average Bonchev–Trinajstić information content (AvgIpc) is 2.86. The van der Waals surface area contributed by atoms with Gasteiger partial charge in [0.05, 0.1) is 0 Å². The van der Waals surface area contributed by atoms with Crippen LogP contribution in [0, 0.1) is 0 Å². The van der Waals surface area contributed by atoms with E-state index in [1.54, 1.807) is 7.05 Å². The molecule has 0 bridgehead atoms. The van der Waals surface area contributed by atoms with Crippen LogP contribution in [0.2, 0.25) is 0 Å². The zero-order valence-corrected chi connectivity index (χ0v) is 13.7. The van der Waals surface area contributed by atoms with Gasteiger partial charge in [0.1, 0.15) is 10.6 Å². The highest BCUT2D eigenvalue weighted by Gasteiger charge is 2.25. The summed E-state index contributed by atoms with van der Waals surface area (Å²) in [7, 11) is 5.79. The summed E-state index contributed by atoms with van der Waals surface area (Å²) in [5.41, 5.74) is 6.35. The fraction of sp³-hybridized carbons (Fsp3) is 0.692. The molecular formula is C13H24N6OS. The zero-order valence-electron chi connectivity index (χ0n) is 12.9. The van der Waals surface area contributed by atoms with Gasteiger partial charge in [-0.25, -0.2) is 0 Å². The Hall–Kier alpha value is -1.38. The number of hydrogen-bond acceptors (Lipinski definition) is 7. The lowest BCUT2D eigenvalue weighted by Gasteiger charge is -2.35. The van der Waals surface area contributed by atoms with Crippen molar-refractivity contribution in [2.75, 3.05) is 71.0 Å². The Morgan fingerprint density at radius 3 is 2.62 bits per heavy atom. The van der Waals surface area contributed by atoms with Gasteiger partial charge in [0.2, 0.25) is 0 Å². The highest BCUT2D eigenvalue weighted by atomic mass is 32.1. The van der Waals surface area contributed by atoms with Gasteiger partial charge in [-0.2, -0.15) is 4.37 Å². The van der Waals surface area contributed by atoms with E-state index in [1.165, 1.54) is 11.5 Å². The molecule has 1 aliphatic rings. The van der Waals surface area contributed by atoms with Gasteiger partial charge in [0.15, 0.2) is 5.82 Å². The number of nitrogen functional groups attached to an aromatic ring is 1. The monoisotopic (exact) mass is 312 g/mol. The maximum absolute atomic E-state index is 11.9. The summed E-state index contributed by atoms with van der Waals surface area (Å²) >= 11 is 1.31. The number of nitrogens with two attached hydrogens (primary N) is 1. The smallest absolute Gasteiger partial charge is 0.257 e. The minimum Gasteiger partial charge on any atom is -0.382 e. The van der Waals surface area contributed by atoms with Crippen LogP contribution in [0.1, 0.15) is 10.4 Å². The molecule has 118 valence electrons. The number of aromatic nitrogens is 1. The molecule has 1 fully saturated rings. The SMILES string of the molecule is CNC(=O)c1c(N)nsc1N1CCN(CCN(C)C)CC1. The second-order valence-electron chi connectivity index (χ2n) is 5.46. The summed E-state index contributed by atoms with van der Waals surface area (Å²) in [6, 6.07) is 0. The first kappa shape index (κ1) is 16.0. The van der Waals surface area contributed by atoms with E-state index in [1.807, 2.05) is 0 Å². The van der Waals surface area contributed by atoms with E-state index in [0.717, 1.165) is 44.3 Å². The molecule has 1 aromatic heterocycles. The van der Waals surface area contributed by atoms with Crippen LogP contribution in [-0.2, 0) is 0 Å². The van der Waals surface area contributed by atoms with E-state index in [2.05, 4.69) is 38.5 Å². The Kier molecular flexibility index (Phi) is 5.38. The first-order valence-electron chi connectivity index (χ1n) is 7.12. The van der Waals surface area contributed by atoms with Crippen LogP contribution in [-0.4, -0.2) is 80.5 Å². The predicted molar refractivity (Wildman–Crippen MR) is 87.1 cm³/mol. The number of anilines is 2. The average molecular weight is 312 g/mol. The highest BCUT2D eigenvalue weighted by Crippen LogP contribution is 2.31. The van der Waals surface area contributed by atoms with E-state index in [-0.39, 0.29) is 5.91 Å². The van der Waals surface area contributed by atoms with Gasteiger partial charge >= 0.3 is 0 Å². The molecule has 0 unspecified atom stereocenters. The molecule has 1 amide bonds. The topological polar surface area (TPSA) is 77.7 Å². The van der Waals surface area contributed by atoms with Crippen molar-refractivity contribution < 1.29 is 4.79 Å². The second kappa shape index (κ2) is 7.06. The van der Waals surface area contributed by atoms with E-state index in [0.29, 0.717) is 11.4 Å². The van der Waals surface area contributed by atoms with Crippen LogP contribution in [0.4, 0.5) is 10.8 Å². The van der Waals surface area contributed by atoms with Gasteiger partial charge in [-0.1, -0.05) is 0 Å². The maximum atomic E-state index is 11.9. The number of carbonyl (C=O) groups excluding carboxylic acids is 1. The van der Waals surface area contributed by atoms with Crippen LogP contribution in [0.5, 0.6) is 0 Å². The van der Waals surface area contributed by atoms with Crippen LogP contribution in [0.15, 0.2) is 0 Å².